The quantitative estimate of drug-likeness (QED) is 0.0199. The Hall–Kier alpha value is -3.29. The Balaban J connectivity index is 1.33. The Labute approximate surface area is 583 Å². The number of carbonyl (C=O) groups is 1. The van der Waals surface area contributed by atoms with Crippen molar-refractivity contribution in [1.29, 1.82) is 0 Å². The second-order valence-corrected chi connectivity index (χ2v) is 26.7. The third-order valence-corrected chi connectivity index (χ3v) is 18.3. The summed E-state index contributed by atoms with van der Waals surface area (Å²) >= 11 is 0. The highest BCUT2D eigenvalue weighted by molar-refractivity contribution is 5.76. The fourth-order valence-electron chi connectivity index (χ4n) is 12.3. The van der Waals surface area contributed by atoms with Gasteiger partial charge in [0.05, 0.1) is 38.6 Å². The van der Waals surface area contributed by atoms with Gasteiger partial charge >= 0.3 is 0 Å². The van der Waals surface area contributed by atoms with Crippen LogP contribution in [0.4, 0.5) is 0 Å². The lowest BCUT2D eigenvalue weighted by molar-refractivity contribution is -0.379. The molecule has 12 N–H and O–H groups in total. The monoisotopic (exact) mass is 1370 g/mol. The van der Waals surface area contributed by atoms with Crippen molar-refractivity contribution in [2.24, 2.45) is 0 Å². The lowest BCUT2D eigenvalue weighted by Crippen LogP contribution is -2.66. The van der Waals surface area contributed by atoms with Gasteiger partial charge in [-0.15, -0.1) is 0 Å². The van der Waals surface area contributed by atoms with Crippen molar-refractivity contribution in [2.75, 3.05) is 26.4 Å². The molecular weight excluding hydrogens is 1240 g/mol. The summed E-state index contributed by atoms with van der Waals surface area (Å²) in [7, 11) is 0. The maximum Gasteiger partial charge on any atom is 0.220 e. The molecule has 0 spiro atoms. The molecule has 0 radical (unpaired) electrons. The van der Waals surface area contributed by atoms with Crippen LogP contribution in [0.25, 0.3) is 0 Å². The van der Waals surface area contributed by atoms with Crippen LogP contribution in [0.2, 0.25) is 0 Å². The molecule has 0 aromatic rings. The second-order valence-electron chi connectivity index (χ2n) is 26.7. The van der Waals surface area contributed by atoms with Gasteiger partial charge in [-0.05, 0) is 89.9 Å². The molecule has 17 atom stereocenters. The minimum atomic E-state index is -1.98. The molecule has 3 fully saturated rings. The van der Waals surface area contributed by atoms with Gasteiger partial charge < -0.3 is 89.9 Å². The van der Waals surface area contributed by atoms with Crippen molar-refractivity contribution in [1.82, 2.24) is 5.32 Å². The zero-order valence-electron chi connectivity index (χ0n) is 59.5. The second kappa shape index (κ2) is 58.2. The smallest absolute Gasteiger partial charge is 0.220 e. The predicted octanol–water partition coefficient (Wildman–Crippen LogP) is 11.6. The zero-order valence-corrected chi connectivity index (χ0v) is 59.5. The number of aliphatic hydroxyl groups is 11. The first-order chi connectivity index (χ1) is 47.3. The molecule has 19 heteroatoms. The SMILES string of the molecule is CC/C=C\C/C=C\C/C=C\C/C=C\C/C=C\CCCCCCCCCCCCCCCCCCCCCCCC(=O)NC(COC1OC(CO)C(OC2OC(CO)C(OC3OC(CO)C(O)C(O)C3O)C(O)C2O)C(O)C1O)C(O)/C=C/CC/C=C/CC/C=C/CCCCCCC. The van der Waals surface area contributed by atoms with Crippen molar-refractivity contribution >= 4 is 5.91 Å². The maximum atomic E-state index is 13.4. The molecule has 3 heterocycles. The Morgan fingerprint density at radius 3 is 1.15 bits per heavy atom. The number of ether oxygens (including phenoxy) is 6. The molecule has 0 saturated carbocycles. The first-order valence-corrected chi connectivity index (χ1v) is 38.0. The van der Waals surface area contributed by atoms with E-state index in [4.69, 9.17) is 28.4 Å². The average molecular weight is 1370 g/mol. The van der Waals surface area contributed by atoms with Crippen LogP contribution in [0.5, 0.6) is 0 Å². The van der Waals surface area contributed by atoms with E-state index in [1.807, 2.05) is 6.08 Å². The lowest BCUT2D eigenvalue weighted by Gasteiger charge is -2.48. The fraction of sp³-hybridized carbons (Fsp3) is 0.782. The van der Waals surface area contributed by atoms with Gasteiger partial charge in [0.1, 0.15) is 73.2 Å². The minimum Gasteiger partial charge on any atom is -0.394 e. The van der Waals surface area contributed by atoms with E-state index in [1.165, 1.54) is 148 Å². The van der Waals surface area contributed by atoms with Crippen LogP contribution >= 0.6 is 0 Å². The van der Waals surface area contributed by atoms with Gasteiger partial charge in [0.25, 0.3) is 0 Å². The van der Waals surface area contributed by atoms with Crippen LogP contribution in [0, 0.1) is 0 Å². The number of hydrogen-bond acceptors (Lipinski definition) is 18. The number of unbranched alkanes of at least 4 members (excludes halogenated alkanes) is 28. The lowest BCUT2D eigenvalue weighted by atomic mass is 9.96. The summed E-state index contributed by atoms with van der Waals surface area (Å²) in [5.41, 5.74) is 0. The third kappa shape index (κ3) is 39.1. The summed E-state index contributed by atoms with van der Waals surface area (Å²) in [5, 5.41) is 121. The molecule has 0 aromatic carbocycles. The standard InChI is InChI=1S/C78H135NO18/c1-3-5-7-9-11-13-15-17-19-20-21-22-23-24-25-26-27-28-29-30-31-32-33-34-35-36-37-38-39-40-42-44-46-48-50-52-54-56-66(84)79-61(62(83)55-53-51-49-47-45-43-41-18-16-14-12-10-8-6-4-2)60-92-76-72(90)69(87)74(64(58-81)94-76)97-78-73(91)70(88)75(65(59-82)95-78)96-77-71(89)68(86)67(85)63(57-80)93-77/h5,7,11,13,16-19,21-22,24-25,45,47,53,55,61-65,67-78,80-83,85-91H,3-4,6,8-10,12,14-15,20,23,26-44,46,48-52,54,56-60H2,1-2H3,(H,79,84)/b7-5-,13-11-,18-16+,19-17-,22-21-,25-24-,47-45+,55-53+. The highest BCUT2D eigenvalue weighted by Gasteiger charge is 2.53. The van der Waals surface area contributed by atoms with Gasteiger partial charge in [-0.2, -0.15) is 0 Å². The van der Waals surface area contributed by atoms with Crippen LogP contribution in [0.3, 0.4) is 0 Å². The molecule has 0 bridgehead atoms. The highest BCUT2D eigenvalue weighted by atomic mass is 16.8. The van der Waals surface area contributed by atoms with E-state index in [1.54, 1.807) is 6.08 Å². The van der Waals surface area contributed by atoms with E-state index in [9.17, 15) is 61.0 Å². The Morgan fingerprint density at radius 2 is 0.722 bits per heavy atom. The van der Waals surface area contributed by atoms with Crippen molar-refractivity contribution < 1.29 is 89.4 Å². The Bertz CT molecular complexity index is 2130. The van der Waals surface area contributed by atoms with Crippen molar-refractivity contribution in [2.45, 2.75) is 362 Å². The van der Waals surface area contributed by atoms with E-state index in [2.05, 4.69) is 104 Å². The molecule has 3 aliphatic rings. The maximum absolute atomic E-state index is 13.4. The molecule has 97 heavy (non-hydrogen) atoms. The van der Waals surface area contributed by atoms with Crippen LogP contribution in [-0.2, 0) is 33.2 Å². The van der Waals surface area contributed by atoms with E-state index in [0.29, 0.717) is 12.8 Å². The molecule has 3 rings (SSSR count). The van der Waals surface area contributed by atoms with Crippen molar-refractivity contribution in [3.05, 3.63) is 97.2 Å². The number of carbonyl (C=O) groups excluding carboxylic acids is 1. The summed E-state index contributed by atoms with van der Waals surface area (Å²) in [4.78, 5) is 13.4. The summed E-state index contributed by atoms with van der Waals surface area (Å²) in [6, 6.07) is -0.999. The van der Waals surface area contributed by atoms with Crippen LogP contribution in [0.15, 0.2) is 97.2 Å². The molecule has 0 aliphatic carbocycles. The molecule has 560 valence electrons. The zero-order chi connectivity index (χ0) is 70.4. The van der Waals surface area contributed by atoms with E-state index in [-0.39, 0.29) is 18.9 Å². The number of aliphatic hydroxyl groups excluding tert-OH is 11. The van der Waals surface area contributed by atoms with Crippen molar-refractivity contribution in [3.8, 4) is 0 Å². The van der Waals surface area contributed by atoms with Crippen LogP contribution in [0.1, 0.15) is 258 Å². The predicted molar refractivity (Wildman–Crippen MR) is 383 cm³/mol. The molecule has 0 aromatic heterocycles. The first kappa shape index (κ1) is 87.9. The van der Waals surface area contributed by atoms with Gasteiger partial charge in [-0.25, -0.2) is 0 Å². The number of allylic oxidation sites excluding steroid dienone is 15. The molecule has 19 nitrogen and oxygen atoms in total. The first-order valence-electron chi connectivity index (χ1n) is 38.0. The number of rotatable bonds is 58. The number of amides is 1. The van der Waals surface area contributed by atoms with Crippen LogP contribution < -0.4 is 5.32 Å². The van der Waals surface area contributed by atoms with Gasteiger partial charge in [0.15, 0.2) is 18.9 Å². The molecule has 3 aliphatic heterocycles. The minimum absolute atomic E-state index is 0.230. The summed E-state index contributed by atoms with van der Waals surface area (Å²) in [6.45, 7) is 1.58. The molecule has 17 unspecified atom stereocenters. The number of hydrogen-bond donors (Lipinski definition) is 12. The Morgan fingerprint density at radius 1 is 0.381 bits per heavy atom. The third-order valence-electron chi connectivity index (χ3n) is 18.3. The van der Waals surface area contributed by atoms with Gasteiger partial charge in [-0.1, -0.05) is 259 Å². The van der Waals surface area contributed by atoms with Crippen LogP contribution in [-0.4, -0.2) is 193 Å². The molecular formula is C78H135NO18. The average Bonchev–Trinajstić information content (AvgIpc) is 0.789. The summed E-state index contributed by atoms with van der Waals surface area (Å²) < 4.78 is 34.3. The molecule has 1 amide bonds. The summed E-state index contributed by atoms with van der Waals surface area (Å²) in [5.74, 6) is -0.290. The van der Waals surface area contributed by atoms with Crippen molar-refractivity contribution in [3.63, 3.8) is 0 Å². The largest absolute Gasteiger partial charge is 0.394 e. The van der Waals surface area contributed by atoms with E-state index < -0.39 is 124 Å². The molecule has 3 saturated heterocycles. The fourth-order valence-corrected chi connectivity index (χ4v) is 12.3. The van der Waals surface area contributed by atoms with Gasteiger partial charge in [0.2, 0.25) is 5.91 Å². The normalized spacial score (nSPS) is 27.5. The van der Waals surface area contributed by atoms with E-state index >= 15 is 0 Å². The van der Waals surface area contributed by atoms with E-state index in [0.717, 1.165) is 77.0 Å². The van der Waals surface area contributed by atoms with Gasteiger partial charge in [-0.3, -0.25) is 4.79 Å². The Kier molecular flexibility index (Phi) is 52.8. The number of nitrogens with one attached hydrogen (secondary N) is 1. The topological polar surface area (TPSA) is 307 Å². The highest BCUT2D eigenvalue weighted by Crippen LogP contribution is 2.33. The van der Waals surface area contributed by atoms with Gasteiger partial charge in [0, 0.05) is 6.42 Å². The summed E-state index contributed by atoms with van der Waals surface area (Å²) in [6.07, 6.45) is 51.2.